The van der Waals surface area contributed by atoms with Crippen molar-refractivity contribution in [1.82, 2.24) is 9.80 Å². The number of nitrogens with zero attached hydrogens (tertiary/aromatic N) is 2. The van der Waals surface area contributed by atoms with E-state index in [0.29, 0.717) is 24.5 Å². The topological polar surface area (TPSA) is 61.9 Å². The van der Waals surface area contributed by atoms with Gasteiger partial charge in [0.1, 0.15) is 5.75 Å². The molecule has 6 nitrogen and oxygen atoms in total. The number of carbonyl (C=O) groups excluding carboxylic acids is 2. The molecule has 0 bridgehead atoms. The van der Waals surface area contributed by atoms with Gasteiger partial charge in [-0.3, -0.25) is 14.5 Å². The van der Waals surface area contributed by atoms with Gasteiger partial charge >= 0.3 is 0 Å². The first-order valence-corrected chi connectivity index (χ1v) is 9.11. The molecule has 136 valence electrons. The summed E-state index contributed by atoms with van der Waals surface area (Å²) in [5, 5.41) is 2.89. The van der Waals surface area contributed by atoms with Crippen LogP contribution in [-0.4, -0.2) is 61.4 Å². The third kappa shape index (κ3) is 4.51. The maximum Gasteiger partial charge on any atom is 0.238 e. The summed E-state index contributed by atoms with van der Waals surface area (Å²) in [6, 6.07) is 7.37. The van der Waals surface area contributed by atoms with Crippen LogP contribution in [0.3, 0.4) is 0 Å². The van der Waals surface area contributed by atoms with Gasteiger partial charge in [-0.05, 0) is 44.4 Å². The molecule has 2 amide bonds. The second kappa shape index (κ2) is 8.34. The number of rotatable bonds is 5. The first-order chi connectivity index (χ1) is 12.2. The maximum atomic E-state index is 12.6. The fraction of sp³-hybridized carbons (Fsp3) is 0.579. The van der Waals surface area contributed by atoms with Crippen LogP contribution in [-0.2, 0) is 9.59 Å². The summed E-state index contributed by atoms with van der Waals surface area (Å²) in [6.45, 7) is 3.56. The van der Waals surface area contributed by atoms with Crippen LogP contribution >= 0.6 is 0 Å². The SMILES string of the molecule is COc1ccccc1NC(=O)CN1CCC(C(=O)N2CCCCC2)C1. The number of piperidine rings is 1. The molecule has 2 saturated heterocycles. The highest BCUT2D eigenvalue weighted by atomic mass is 16.5. The van der Waals surface area contributed by atoms with Crippen molar-refractivity contribution in [3.05, 3.63) is 24.3 Å². The van der Waals surface area contributed by atoms with Gasteiger partial charge in [0.15, 0.2) is 0 Å². The van der Waals surface area contributed by atoms with E-state index < -0.39 is 0 Å². The van der Waals surface area contributed by atoms with Crippen LogP contribution in [0.15, 0.2) is 24.3 Å². The van der Waals surface area contributed by atoms with E-state index in [1.165, 1.54) is 6.42 Å². The van der Waals surface area contributed by atoms with Crippen LogP contribution in [0.4, 0.5) is 5.69 Å². The lowest BCUT2D eigenvalue weighted by atomic mass is 10.0. The van der Waals surface area contributed by atoms with Gasteiger partial charge in [-0.2, -0.15) is 0 Å². The number of likely N-dealkylation sites (tertiary alicyclic amines) is 2. The number of hydrogen-bond donors (Lipinski definition) is 1. The van der Waals surface area contributed by atoms with E-state index in [1.54, 1.807) is 7.11 Å². The Bertz CT molecular complexity index is 614. The van der Waals surface area contributed by atoms with E-state index in [2.05, 4.69) is 10.2 Å². The number of carbonyl (C=O) groups is 2. The number of anilines is 1. The molecule has 2 aliphatic rings. The Morgan fingerprint density at radius 3 is 2.68 bits per heavy atom. The first-order valence-electron chi connectivity index (χ1n) is 9.11. The summed E-state index contributed by atoms with van der Waals surface area (Å²) in [4.78, 5) is 29.0. The molecule has 0 aromatic heterocycles. The highest BCUT2D eigenvalue weighted by Crippen LogP contribution is 2.24. The van der Waals surface area contributed by atoms with Crippen LogP contribution in [0.25, 0.3) is 0 Å². The minimum Gasteiger partial charge on any atom is -0.495 e. The quantitative estimate of drug-likeness (QED) is 0.886. The molecule has 25 heavy (non-hydrogen) atoms. The van der Waals surface area contributed by atoms with Crippen LogP contribution in [0.2, 0.25) is 0 Å². The van der Waals surface area contributed by atoms with Gasteiger partial charge < -0.3 is 15.0 Å². The van der Waals surface area contributed by atoms with Crippen LogP contribution < -0.4 is 10.1 Å². The standard InChI is InChI=1S/C19H27N3O3/c1-25-17-8-4-3-7-16(17)20-18(23)14-21-12-9-15(13-21)19(24)22-10-5-2-6-11-22/h3-4,7-8,15H,2,5-6,9-14H2,1H3,(H,20,23). The van der Waals surface area contributed by atoms with Crippen molar-refractivity contribution in [2.24, 2.45) is 5.92 Å². The molecule has 1 aromatic carbocycles. The number of nitrogens with one attached hydrogen (secondary N) is 1. The molecule has 1 aromatic rings. The molecule has 0 spiro atoms. The number of hydrogen-bond acceptors (Lipinski definition) is 4. The lowest BCUT2D eigenvalue weighted by Crippen LogP contribution is -2.41. The minimum atomic E-state index is -0.0735. The van der Waals surface area contributed by atoms with E-state index in [-0.39, 0.29) is 17.7 Å². The number of ether oxygens (including phenoxy) is 1. The van der Waals surface area contributed by atoms with Crippen LogP contribution in [0, 0.1) is 5.92 Å². The fourth-order valence-corrected chi connectivity index (χ4v) is 3.69. The van der Waals surface area contributed by atoms with E-state index in [0.717, 1.165) is 38.9 Å². The van der Waals surface area contributed by atoms with Gasteiger partial charge in [0, 0.05) is 19.6 Å². The van der Waals surface area contributed by atoms with Crippen molar-refractivity contribution in [3.63, 3.8) is 0 Å². The largest absolute Gasteiger partial charge is 0.495 e. The second-order valence-corrected chi connectivity index (χ2v) is 6.86. The Hall–Kier alpha value is -2.08. The number of methoxy groups -OCH3 is 1. The van der Waals surface area contributed by atoms with Crippen molar-refractivity contribution < 1.29 is 14.3 Å². The molecule has 2 heterocycles. The summed E-state index contributed by atoms with van der Waals surface area (Å²) >= 11 is 0. The van der Waals surface area contributed by atoms with Gasteiger partial charge in [-0.25, -0.2) is 0 Å². The van der Waals surface area contributed by atoms with E-state index in [9.17, 15) is 9.59 Å². The normalized spacial score (nSPS) is 21.2. The predicted octanol–water partition coefficient (Wildman–Crippen LogP) is 1.97. The predicted molar refractivity (Wildman–Crippen MR) is 96.6 cm³/mol. The highest BCUT2D eigenvalue weighted by Gasteiger charge is 2.32. The van der Waals surface area contributed by atoms with Gasteiger partial charge in [-0.1, -0.05) is 12.1 Å². The van der Waals surface area contributed by atoms with Gasteiger partial charge in [0.25, 0.3) is 0 Å². The molecule has 0 aliphatic carbocycles. The van der Waals surface area contributed by atoms with Crippen molar-refractivity contribution in [2.45, 2.75) is 25.7 Å². The van der Waals surface area contributed by atoms with Crippen molar-refractivity contribution in [2.75, 3.05) is 45.2 Å². The summed E-state index contributed by atoms with van der Waals surface area (Å²) in [5.41, 5.74) is 0.676. The molecule has 1 atom stereocenters. The van der Waals surface area contributed by atoms with E-state index >= 15 is 0 Å². The Morgan fingerprint density at radius 1 is 1.16 bits per heavy atom. The molecule has 0 radical (unpaired) electrons. The van der Waals surface area contributed by atoms with Crippen LogP contribution in [0.1, 0.15) is 25.7 Å². The van der Waals surface area contributed by atoms with E-state index in [1.807, 2.05) is 29.2 Å². The number of para-hydroxylation sites is 2. The molecular weight excluding hydrogens is 318 g/mol. The average molecular weight is 345 g/mol. The monoisotopic (exact) mass is 345 g/mol. The molecule has 0 saturated carbocycles. The Labute approximate surface area is 149 Å². The Kier molecular flexibility index (Phi) is 5.91. The summed E-state index contributed by atoms with van der Waals surface area (Å²) in [6.07, 6.45) is 4.30. The molecule has 2 aliphatic heterocycles. The van der Waals surface area contributed by atoms with E-state index in [4.69, 9.17) is 4.74 Å². The summed E-state index contributed by atoms with van der Waals surface area (Å²) in [7, 11) is 1.59. The van der Waals surface area contributed by atoms with Gasteiger partial charge in [-0.15, -0.1) is 0 Å². The smallest absolute Gasteiger partial charge is 0.238 e. The summed E-state index contributed by atoms with van der Waals surface area (Å²) in [5.74, 6) is 0.885. The summed E-state index contributed by atoms with van der Waals surface area (Å²) < 4.78 is 5.25. The third-order valence-electron chi connectivity index (χ3n) is 5.04. The fourth-order valence-electron chi connectivity index (χ4n) is 3.69. The Balaban J connectivity index is 1.49. The zero-order valence-electron chi connectivity index (χ0n) is 14.9. The van der Waals surface area contributed by atoms with Crippen molar-refractivity contribution >= 4 is 17.5 Å². The van der Waals surface area contributed by atoms with Crippen molar-refractivity contribution in [1.29, 1.82) is 0 Å². The minimum absolute atomic E-state index is 0.0390. The zero-order chi connectivity index (χ0) is 17.6. The molecule has 2 fully saturated rings. The molecule has 3 rings (SSSR count). The van der Waals surface area contributed by atoms with Gasteiger partial charge in [0.05, 0.1) is 25.3 Å². The second-order valence-electron chi connectivity index (χ2n) is 6.86. The molecule has 6 heteroatoms. The van der Waals surface area contributed by atoms with Gasteiger partial charge in [0.2, 0.25) is 11.8 Å². The highest BCUT2D eigenvalue weighted by molar-refractivity contribution is 5.93. The van der Waals surface area contributed by atoms with Crippen molar-refractivity contribution in [3.8, 4) is 5.75 Å². The Morgan fingerprint density at radius 2 is 1.92 bits per heavy atom. The lowest BCUT2D eigenvalue weighted by molar-refractivity contribution is -0.136. The third-order valence-corrected chi connectivity index (χ3v) is 5.04. The number of amides is 2. The van der Waals surface area contributed by atoms with Crippen LogP contribution in [0.5, 0.6) is 5.75 Å². The average Bonchev–Trinajstić information content (AvgIpc) is 3.10. The molecule has 1 unspecified atom stereocenters. The maximum absolute atomic E-state index is 12.6. The molecular formula is C19H27N3O3. The molecule has 1 N–H and O–H groups in total. The zero-order valence-corrected chi connectivity index (χ0v) is 14.9. The number of benzene rings is 1. The lowest BCUT2D eigenvalue weighted by Gasteiger charge is -2.29. The first kappa shape index (κ1) is 17.7.